The molecule has 0 radical (unpaired) electrons. The van der Waals surface area contributed by atoms with Crippen molar-refractivity contribution in [2.24, 2.45) is 5.73 Å². The largest absolute Gasteiger partial charge is 0.463 e. The highest BCUT2D eigenvalue weighted by molar-refractivity contribution is 7.94. The molecule has 26 heavy (non-hydrogen) atoms. The van der Waals surface area contributed by atoms with Crippen LogP contribution in [0.3, 0.4) is 0 Å². The molecule has 0 amide bonds. The van der Waals surface area contributed by atoms with Crippen molar-refractivity contribution in [1.29, 1.82) is 0 Å². The second kappa shape index (κ2) is 7.16. The molecule has 0 aromatic heterocycles. The number of allylic oxidation sites excluding steroid dienone is 2. The molecule has 0 spiro atoms. The first-order chi connectivity index (χ1) is 12.1. The minimum absolute atomic E-state index is 0.0378. The van der Waals surface area contributed by atoms with Gasteiger partial charge in [-0.15, -0.1) is 0 Å². The van der Waals surface area contributed by atoms with Crippen molar-refractivity contribution in [1.82, 2.24) is 5.32 Å². The van der Waals surface area contributed by atoms with E-state index in [0.29, 0.717) is 0 Å². The second-order valence-electron chi connectivity index (χ2n) is 5.68. The van der Waals surface area contributed by atoms with Crippen LogP contribution in [0.2, 0.25) is 0 Å². The van der Waals surface area contributed by atoms with Gasteiger partial charge in [-0.1, -0.05) is 18.2 Å². The zero-order valence-electron chi connectivity index (χ0n) is 14.5. The Labute approximate surface area is 150 Å². The summed E-state index contributed by atoms with van der Waals surface area (Å²) in [6.07, 6.45) is 0.972. The Morgan fingerprint density at radius 1 is 1.38 bits per heavy atom. The Kier molecular flexibility index (Phi) is 5.36. The van der Waals surface area contributed by atoms with Crippen LogP contribution in [0, 0.1) is 10.1 Å². The van der Waals surface area contributed by atoms with E-state index in [1.165, 1.54) is 31.2 Å². The number of carbonyl (C=O) groups excluding carboxylic acids is 1. The molecule has 1 heterocycles. The normalized spacial score (nSPS) is 17.7. The molecule has 140 valence electrons. The third kappa shape index (κ3) is 3.54. The van der Waals surface area contributed by atoms with E-state index >= 15 is 0 Å². The number of nitrogens with zero attached hydrogens (tertiary/aromatic N) is 1. The summed E-state index contributed by atoms with van der Waals surface area (Å²) in [6, 6.07) is 5.62. The summed E-state index contributed by atoms with van der Waals surface area (Å²) in [6.45, 7) is 3.10. The summed E-state index contributed by atoms with van der Waals surface area (Å²) in [7, 11) is -3.82. The lowest BCUT2D eigenvalue weighted by Gasteiger charge is -2.29. The molecule has 2 rings (SSSR count). The van der Waals surface area contributed by atoms with Gasteiger partial charge in [-0.05, 0) is 13.8 Å². The maximum Gasteiger partial charge on any atom is 0.338 e. The van der Waals surface area contributed by atoms with Gasteiger partial charge in [0, 0.05) is 23.6 Å². The van der Waals surface area contributed by atoms with E-state index in [1.54, 1.807) is 6.92 Å². The van der Waals surface area contributed by atoms with Gasteiger partial charge in [-0.25, -0.2) is 13.2 Å². The molecule has 0 saturated heterocycles. The first-order valence-electron chi connectivity index (χ1n) is 7.67. The van der Waals surface area contributed by atoms with Gasteiger partial charge in [0.2, 0.25) is 0 Å². The monoisotopic (exact) mass is 381 g/mol. The van der Waals surface area contributed by atoms with Crippen LogP contribution in [0.5, 0.6) is 0 Å². The van der Waals surface area contributed by atoms with Gasteiger partial charge in [-0.2, -0.15) is 0 Å². The van der Waals surface area contributed by atoms with E-state index in [-0.39, 0.29) is 39.9 Å². The number of nitro groups is 1. The lowest BCUT2D eigenvalue weighted by molar-refractivity contribution is -0.385. The summed E-state index contributed by atoms with van der Waals surface area (Å²) >= 11 is 0. The first-order valence-corrected chi connectivity index (χ1v) is 9.56. The Bertz CT molecular complexity index is 933. The van der Waals surface area contributed by atoms with Crippen LogP contribution in [0.4, 0.5) is 5.69 Å². The van der Waals surface area contributed by atoms with Gasteiger partial charge in [-0.3, -0.25) is 10.1 Å². The zero-order chi connectivity index (χ0) is 19.6. The molecule has 1 aromatic rings. The lowest BCUT2D eigenvalue weighted by Crippen LogP contribution is -2.35. The maximum atomic E-state index is 12.5. The Morgan fingerprint density at radius 3 is 2.54 bits per heavy atom. The minimum Gasteiger partial charge on any atom is -0.463 e. The van der Waals surface area contributed by atoms with Crippen molar-refractivity contribution in [3.8, 4) is 0 Å². The highest BCUT2D eigenvalue weighted by Gasteiger charge is 2.41. The number of nitro benzene ring substituents is 1. The van der Waals surface area contributed by atoms with E-state index in [9.17, 15) is 23.3 Å². The quantitative estimate of drug-likeness (QED) is 0.441. The molecule has 1 unspecified atom stereocenters. The fraction of sp³-hybridized carbons (Fsp3) is 0.312. The van der Waals surface area contributed by atoms with Crippen LogP contribution in [0.25, 0.3) is 0 Å². The Morgan fingerprint density at radius 2 is 2.00 bits per heavy atom. The van der Waals surface area contributed by atoms with E-state index in [2.05, 4.69) is 5.32 Å². The van der Waals surface area contributed by atoms with Gasteiger partial charge in [0.1, 0.15) is 5.82 Å². The number of hydrogen-bond donors (Lipinski definition) is 2. The Hall–Kier alpha value is -2.88. The van der Waals surface area contributed by atoms with Crippen LogP contribution in [0.15, 0.2) is 46.3 Å². The molecule has 0 saturated carbocycles. The number of rotatable bonds is 5. The highest BCUT2D eigenvalue weighted by Crippen LogP contribution is 2.43. The van der Waals surface area contributed by atoms with E-state index in [1.807, 2.05) is 0 Å². The number of hydrogen-bond acceptors (Lipinski definition) is 8. The third-order valence-corrected chi connectivity index (χ3v) is 5.21. The number of esters is 1. The molecule has 0 fully saturated rings. The van der Waals surface area contributed by atoms with Crippen LogP contribution in [-0.2, 0) is 19.4 Å². The van der Waals surface area contributed by atoms with Crippen molar-refractivity contribution in [3.05, 3.63) is 61.9 Å². The lowest BCUT2D eigenvalue weighted by atomic mass is 9.86. The number of nitrogens with one attached hydrogen (secondary N) is 1. The number of para-hydroxylation sites is 1. The molecule has 1 aromatic carbocycles. The third-order valence-electron chi connectivity index (χ3n) is 3.87. The van der Waals surface area contributed by atoms with Gasteiger partial charge in [0.05, 0.1) is 27.9 Å². The van der Waals surface area contributed by atoms with E-state index in [0.717, 1.165) is 6.26 Å². The van der Waals surface area contributed by atoms with Crippen LogP contribution in [-0.4, -0.2) is 32.2 Å². The maximum absolute atomic E-state index is 12.5. The molecule has 1 aliphatic heterocycles. The van der Waals surface area contributed by atoms with Crippen molar-refractivity contribution in [2.75, 3.05) is 12.9 Å². The van der Waals surface area contributed by atoms with Gasteiger partial charge in [0.25, 0.3) is 5.69 Å². The Balaban J connectivity index is 2.84. The van der Waals surface area contributed by atoms with Crippen molar-refractivity contribution < 1.29 is 22.9 Å². The standard InChI is InChI=1S/C16H19N3O6S/c1-4-25-16(20)13-12(10-7-5-6-8-11(10)19(21)22)14(26(3,23)24)9(2)18-15(13)17/h5-8,12,18H,4,17H2,1-3H3. The summed E-state index contributed by atoms with van der Waals surface area (Å²) in [5, 5.41) is 14.1. The predicted octanol–water partition coefficient (Wildman–Crippen LogP) is 1.29. The number of dihydropyridines is 1. The average Bonchev–Trinajstić information content (AvgIpc) is 2.52. The average molecular weight is 381 g/mol. The molecule has 0 bridgehead atoms. The number of carbonyl (C=O) groups is 1. The molecule has 1 aliphatic rings. The van der Waals surface area contributed by atoms with Gasteiger partial charge in [0.15, 0.2) is 9.84 Å². The topological polar surface area (TPSA) is 142 Å². The molecule has 9 nitrogen and oxygen atoms in total. The van der Waals surface area contributed by atoms with Crippen molar-refractivity contribution in [2.45, 2.75) is 19.8 Å². The van der Waals surface area contributed by atoms with Gasteiger partial charge >= 0.3 is 5.97 Å². The highest BCUT2D eigenvalue weighted by atomic mass is 32.2. The second-order valence-corrected chi connectivity index (χ2v) is 7.67. The summed E-state index contributed by atoms with van der Waals surface area (Å²) in [5.74, 6) is -2.18. The fourth-order valence-electron chi connectivity index (χ4n) is 2.96. The molecule has 3 N–H and O–H groups in total. The van der Waals surface area contributed by atoms with Crippen LogP contribution >= 0.6 is 0 Å². The van der Waals surface area contributed by atoms with Gasteiger partial charge < -0.3 is 15.8 Å². The predicted molar refractivity (Wildman–Crippen MR) is 94.4 cm³/mol. The fourth-order valence-corrected chi connectivity index (χ4v) is 4.24. The van der Waals surface area contributed by atoms with Crippen molar-refractivity contribution >= 4 is 21.5 Å². The smallest absolute Gasteiger partial charge is 0.338 e. The van der Waals surface area contributed by atoms with E-state index in [4.69, 9.17) is 10.5 Å². The number of sulfone groups is 1. The summed E-state index contributed by atoms with van der Waals surface area (Å²) < 4.78 is 29.8. The number of ether oxygens (including phenoxy) is 1. The SMILES string of the molecule is CCOC(=O)C1=C(N)NC(C)=C(S(C)(=O)=O)C1c1ccccc1[N+](=O)[O-]. The molecule has 10 heteroatoms. The van der Waals surface area contributed by atoms with E-state index < -0.39 is 26.6 Å². The molecular weight excluding hydrogens is 362 g/mol. The zero-order valence-corrected chi connectivity index (χ0v) is 15.3. The molecular formula is C16H19N3O6S. The molecule has 1 atom stereocenters. The number of benzene rings is 1. The summed E-state index contributed by atoms with van der Waals surface area (Å²) in [5.41, 5.74) is 5.68. The minimum atomic E-state index is -3.82. The van der Waals surface area contributed by atoms with Crippen molar-refractivity contribution in [3.63, 3.8) is 0 Å². The molecule has 0 aliphatic carbocycles. The summed E-state index contributed by atoms with van der Waals surface area (Å²) in [4.78, 5) is 23.1. The number of nitrogens with two attached hydrogens (primary N) is 1. The van der Waals surface area contributed by atoms with Crippen LogP contribution < -0.4 is 11.1 Å². The first kappa shape index (κ1) is 19.4. The van der Waals surface area contributed by atoms with Crippen LogP contribution in [0.1, 0.15) is 25.3 Å².